The summed E-state index contributed by atoms with van der Waals surface area (Å²) in [5.74, 6) is 0.308. The second-order valence-electron chi connectivity index (χ2n) is 7.11. The van der Waals surface area contributed by atoms with Gasteiger partial charge in [0.05, 0.1) is 16.7 Å². The largest absolute Gasteiger partial charge is 0.293 e. The van der Waals surface area contributed by atoms with E-state index < -0.39 is 0 Å². The Hall–Kier alpha value is -2.40. The minimum Gasteiger partial charge on any atom is -0.293 e. The number of ketones is 1. The number of fused-ring (bicyclic) bond motifs is 1. The normalized spacial score (nSPS) is 11.2. The summed E-state index contributed by atoms with van der Waals surface area (Å²) in [7, 11) is 1.70. The van der Waals surface area contributed by atoms with Gasteiger partial charge in [0.2, 0.25) is 0 Å². The van der Waals surface area contributed by atoms with E-state index in [1.54, 1.807) is 7.05 Å². The number of nitrogens with zero attached hydrogens (tertiary/aromatic N) is 2. The molecule has 0 atom stereocenters. The molecule has 2 aromatic carbocycles. The number of rotatable bonds is 4. The zero-order chi connectivity index (χ0) is 19.9. The maximum absolute atomic E-state index is 12.8. The predicted molar refractivity (Wildman–Crippen MR) is 112 cm³/mol. The molecule has 0 saturated carbocycles. The molecule has 0 spiro atoms. The molecule has 0 unspecified atom stereocenters. The Balaban J connectivity index is 1.91. The molecule has 4 nitrogen and oxygen atoms in total. The monoisotopic (exact) mass is 380 g/mol. The van der Waals surface area contributed by atoms with Crippen molar-refractivity contribution in [2.75, 3.05) is 5.75 Å². The van der Waals surface area contributed by atoms with Gasteiger partial charge in [-0.05, 0) is 75.1 Å². The second-order valence-corrected chi connectivity index (χ2v) is 8.05. The lowest BCUT2D eigenvalue weighted by Crippen LogP contribution is -2.20. The van der Waals surface area contributed by atoms with Crippen molar-refractivity contribution in [2.24, 2.45) is 7.05 Å². The standard InChI is InChI=1S/C22H24N2O2S/c1-12-7-8-19-18(9-12)21(26)24(6)22(23-19)27-11-20(25)17-10-13(2)14(3)15(4)16(17)5/h7-10H,11H2,1-6H3. The van der Waals surface area contributed by atoms with Crippen LogP contribution in [0.15, 0.2) is 34.2 Å². The van der Waals surface area contributed by atoms with E-state index in [9.17, 15) is 9.59 Å². The van der Waals surface area contributed by atoms with E-state index in [1.165, 1.54) is 21.9 Å². The van der Waals surface area contributed by atoms with Crippen molar-refractivity contribution < 1.29 is 4.79 Å². The van der Waals surface area contributed by atoms with Gasteiger partial charge >= 0.3 is 0 Å². The molecule has 0 fully saturated rings. The molecule has 140 valence electrons. The van der Waals surface area contributed by atoms with Gasteiger partial charge in [-0.1, -0.05) is 23.4 Å². The summed E-state index contributed by atoms with van der Waals surface area (Å²) < 4.78 is 1.53. The summed E-state index contributed by atoms with van der Waals surface area (Å²) >= 11 is 1.31. The molecule has 0 aliphatic rings. The van der Waals surface area contributed by atoms with Crippen LogP contribution < -0.4 is 5.56 Å². The number of aryl methyl sites for hydroxylation is 2. The number of aromatic nitrogens is 2. The van der Waals surface area contributed by atoms with E-state index in [1.807, 2.05) is 45.0 Å². The third kappa shape index (κ3) is 3.56. The zero-order valence-corrected chi connectivity index (χ0v) is 17.5. The van der Waals surface area contributed by atoms with Crippen LogP contribution in [0.5, 0.6) is 0 Å². The molecule has 0 aliphatic carbocycles. The van der Waals surface area contributed by atoms with E-state index in [0.29, 0.717) is 16.1 Å². The molecule has 0 amide bonds. The van der Waals surface area contributed by atoms with Crippen LogP contribution in [0.4, 0.5) is 0 Å². The van der Waals surface area contributed by atoms with E-state index in [2.05, 4.69) is 18.8 Å². The van der Waals surface area contributed by atoms with Gasteiger partial charge in [-0.3, -0.25) is 14.2 Å². The van der Waals surface area contributed by atoms with Gasteiger partial charge in [-0.2, -0.15) is 0 Å². The molecule has 27 heavy (non-hydrogen) atoms. The van der Waals surface area contributed by atoms with Gasteiger partial charge in [0.25, 0.3) is 5.56 Å². The molecular weight excluding hydrogens is 356 g/mol. The van der Waals surface area contributed by atoms with Gasteiger partial charge < -0.3 is 0 Å². The Morgan fingerprint density at radius 3 is 2.44 bits per heavy atom. The summed E-state index contributed by atoms with van der Waals surface area (Å²) in [6.07, 6.45) is 0. The van der Waals surface area contributed by atoms with Gasteiger partial charge in [-0.15, -0.1) is 0 Å². The molecule has 0 N–H and O–H groups in total. The Morgan fingerprint density at radius 1 is 1.04 bits per heavy atom. The van der Waals surface area contributed by atoms with Crippen LogP contribution in [0.25, 0.3) is 10.9 Å². The molecule has 5 heteroatoms. The highest BCUT2D eigenvalue weighted by Crippen LogP contribution is 2.24. The molecular formula is C22H24N2O2S. The van der Waals surface area contributed by atoms with Crippen LogP contribution in [0.3, 0.4) is 0 Å². The Kier molecular flexibility index (Phi) is 5.24. The molecule has 0 bridgehead atoms. The molecule has 3 rings (SSSR count). The molecule has 1 aromatic heterocycles. The third-order valence-corrected chi connectivity index (χ3v) is 6.33. The highest BCUT2D eigenvalue weighted by Gasteiger charge is 2.16. The maximum Gasteiger partial charge on any atom is 0.261 e. The van der Waals surface area contributed by atoms with Crippen LogP contribution in [-0.2, 0) is 7.05 Å². The third-order valence-electron chi connectivity index (χ3n) is 5.30. The van der Waals surface area contributed by atoms with Crippen molar-refractivity contribution in [3.8, 4) is 0 Å². The number of carbonyl (C=O) groups is 1. The summed E-state index contributed by atoms with van der Waals surface area (Å²) in [5.41, 5.74) is 6.90. The van der Waals surface area contributed by atoms with Crippen molar-refractivity contribution in [3.05, 3.63) is 68.0 Å². The highest BCUT2D eigenvalue weighted by atomic mass is 32.2. The molecule has 0 saturated heterocycles. The van der Waals surface area contributed by atoms with Gasteiger partial charge in [0.1, 0.15) is 0 Å². The highest BCUT2D eigenvalue weighted by molar-refractivity contribution is 7.99. The summed E-state index contributed by atoms with van der Waals surface area (Å²) in [4.78, 5) is 30.0. The van der Waals surface area contributed by atoms with E-state index in [4.69, 9.17) is 0 Å². The quantitative estimate of drug-likeness (QED) is 0.381. The molecule has 1 heterocycles. The molecule has 0 aliphatic heterocycles. The Morgan fingerprint density at radius 2 is 1.74 bits per heavy atom. The number of thioether (sulfide) groups is 1. The lowest BCUT2D eigenvalue weighted by atomic mass is 9.93. The van der Waals surface area contributed by atoms with Crippen LogP contribution in [-0.4, -0.2) is 21.1 Å². The predicted octanol–water partition coefficient (Wildman–Crippen LogP) is 4.45. The fraction of sp³-hybridized carbons (Fsp3) is 0.318. The fourth-order valence-electron chi connectivity index (χ4n) is 3.20. The Labute approximate surface area is 163 Å². The van der Waals surface area contributed by atoms with E-state index >= 15 is 0 Å². The number of benzene rings is 2. The van der Waals surface area contributed by atoms with Gasteiger partial charge in [-0.25, -0.2) is 4.98 Å². The SMILES string of the molecule is Cc1ccc2nc(SCC(=O)c3cc(C)c(C)c(C)c3C)n(C)c(=O)c2c1. The van der Waals surface area contributed by atoms with E-state index in [0.717, 1.165) is 27.8 Å². The Bertz CT molecular complexity index is 1130. The van der Waals surface area contributed by atoms with Crippen molar-refractivity contribution in [2.45, 2.75) is 39.8 Å². The van der Waals surface area contributed by atoms with Crippen LogP contribution in [0.2, 0.25) is 0 Å². The van der Waals surface area contributed by atoms with Crippen molar-refractivity contribution in [3.63, 3.8) is 0 Å². The minimum atomic E-state index is -0.0862. The van der Waals surface area contributed by atoms with Crippen LogP contribution >= 0.6 is 11.8 Å². The average molecular weight is 381 g/mol. The lowest BCUT2D eigenvalue weighted by Gasteiger charge is -2.14. The van der Waals surface area contributed by atoms with Crippen LogP contribution in [0, 0.1) is 34.6 Å². The summed E-state index contributed by atoms with van der Waals surface area (Å²) in [6, 6.07) is 7.62. The first-order valence-electron chi connectivity index (χ1n) is 8.91. The van der Waals surface area contributed by atoms with E-state index in [-0.39, 0.29) is 17.1 Å². The minimum absolute atomic E-state index is 0.0574. The fourth-order valence-corrected chi connectivity index (χ4v) is 4.06. The van der Waals surface area contributed by atoms with Gasteiger partial charge in [0.15, 0.2) is 10.9 Å². The average Bonchev–Trinajstić information content (AvgIpc) is 2.65. The summed E-state index contributed by atoms with van der Waals surface area (Å²) in [5, 5.41) is 1.16. The number of hydrogen-bond acceptors (Lipinski definition) is 4. The van der Waals surface area contributed by atoms with Crippen molar-refractivity contribution >= 4 is 28.4 Å². The molecule has 3 aromatic rings. The number of Topliss-reactive ketones (excluding diaryl/α,β-unsaturated/α-hetero) is 1. The second kappa shape index (κ2) is 7.31. The zero-order valence-electron chi connectivity index (χ0n) is 16.6. The first kappa shape index (κ1) is 19.4. The number of hydrogen-bond donors (Lipinski definition) is 0. The first-order valence-corrected chi connectivity index (χ1v) is 9.90. The topological polar surface area (TPSA) is 52.0 Å². The van der Waals surface area contributed by atoms with Crippen molar-refractivity contribution in [1.82, 2.24) is 9.55 Å². The summed E-state index contributed by atoms with van der Waals surface area (Å²) in [6.45, 7) is 10.1. The molecule has 0 radical (unpaired) electrons. The van der Waals surface area contributed by atoms with Crippen molar-refractivity contribution in [1.29, 1.82) is 0 Å². The van der Waals surface area contributed by atoms with Gasteiger partial charge in [0, 0.05) is 12.6 Å². The van der Waals surface area contributed by atoms with Crippen LogP contribution in [0.1, 0.15) is 38.2 Å². The maximum atomic E-state index is 12.8. The first-order chi connectivity index (χ1) is 12.7. The number of carbonyl (C=O) groups excluding carboxylic acids is 1. The smallest absolute Gasteiger partial charge is 0.261 e. The lowest BCUT2D eigenvalue weighted by molar-refractivity contribution is 0.102.